The molecule has 1 N–H and O–H groups in total. The highest BCUT2D eigenvalue weighted by atomic mass is 15.3. The van der Waals surface area contributed by atoms with Gasteiger partial charge in [-0.15, -0.1) is 10.2 Å². The Labute approximate surface area is 90.1 Å². The summed E-state index contributed by atoms with van der Waals surface area (Å²) in [6, 6.07) is 0. The fraction of sp³-hybridized carbons (Fsp3) is 0.818. The molecule has 0 radical (unpaired) electrons. The Balaban J connectivity index is 1.73. The van der Waals surface area contributed by atoms with Gasteiger partial charge >= 0.3 is 0 Å². The molecule has 0 unspecified atom stereocenters. The van der Waals surface area contributed by atoms with E-state index in [1.165, 1.54) is 31.5 Å². The second kappa shape index (κ2) is 3.93. The normalized spacial score (nSPS) is 26.8. The van der Waals surface area contributed by atoms with Crippen molar-refractivity contribution in [3.05, 3.63) is 12.2 Å². The minimum Gasteiger partial charge on any atom is -0.317 e. The van der Waals surface area contributed by atoms with Crippen LogP contribution < -0.4 is 5.32 Å². The standard InChI is InChI=1S/C11H18N4/c1-2-10(6-12-5-1)11-14-13-8-15(11)7-9-3-4-9/h8-10,12H,1-7H2/t10-/m0/s1. The topological polar surface area (TPSA) is 42.7 Å². The zero-order chi connectivity index (χ0) is 10.1. The number of nitrogens with one attached hydrogen (secondary N) is 1. The van der Waals surface area contributed by atoms with Crippen molar-refractivity contribution >= 4 is 0 Å². The van der Waals surface area contributed by atoms with Crippen LogP contribution in [-0.2, 0) is 6.54 Å². The Morgan fingerprint density at radius 2 is 2.33 bits per heavy atom. The Morgan fingerprint density at radius 3 is 3.07 bits per heavy atom. The largest absolute Gasteiger partial charge is 0.317 e. The highest BCUT2D eigenvalue weighted by molar-refractivity contribution is 5.00. The van der Waals surface area contributed by atoms with Crippen LogP contribution in [0.15, 0.2) is 6.33 Å². The quantitative estimate of drug-likeness (QED) is 0.807. The van der Waals surface area contributed by atoms with E-state index in [0.717, 1.165) is 25.6 Å². The van der Waals surface area contributed by atoms with Crippen LogP contribution in [0.1, 0.15) is 37.4 Å². The van der Waals surface area contributed by atoms with Crippen molar-refractivity contribution < 1.29 is 0 Å². The Hall–Kier alpha value is -0.900. The van der Waals surface area contributed by atoms with Crippen molar-refractivity contribution in [1.82, 2.24) is 20.1 Å². The molecule has 1 aromatic heterocycles. The monoisotopic (exact) mass is 206 g/mol. The molecule has 1 aromatic rings. The number of rotatable bonds is 3. The fourth-order valence-electron chi connectivity index (χ4n) is 2.37. The second-order valence-corrected chi connectivity index (χ2v) is 4.83. The number of hydrogen-bond donors (Lipinski definition) is 1. The van der Waals surface area contributed by atoms with Gasteiger partial charge in [0.25, 0.3) is 0 Å². The van der Waals surface area contributed by atoms with E-state index in [4.69, 9.17) is 0 Å². The van der Waals surface area contributed by atoms with Crippen molar-refractivity contribution in [2.24, 2.45) is 5.92 Å². The third-order valence-corrected chi connectivity index (χ3v) is 3.46. The lowest BCUT2D eigenvalue weighted by Crippen LogP contribution is -2.30. The molecule has 1 atom stereocenters. The minimum atomic E-state index is 0.583. The van der Waals surface area contributed by atoms with Gasteiger partial charge < -0.3 is 9.88 Å². The Kier molecular flexibility index (Phi) is 2.44. The smallest absolute Gasteiger partial charge is 0.137 e. The van der Waals surface area contributed by atoms with E-state index in [2.05, 4.69) is 20.1 Å². The second-order valence-electron chi connectivity index (χ2n) is 4.83. The van der Waals surface area contributed by atoms with Crippen molar-refractivity contribution in [3.8, 4) is 0 Å². The van der Waals surface area contributed by atoms with Gasteiger partial charge in [-0.05, 0) is 38.1 Å². The highest BCUT2D eigenvalue weighted by Gasteiger charge is 2.25. The van der Waals surface area contributed by atoms with Crippen molar-refractivity contribution in [3.63, 3.8) is 0 Å². The first-order valence-corrected chi connectivity index (χ1v) is 6.02. The van der Waals surface area contributed by atoms with E-state index in [0.29, 0.717) is 5.92 Å². The van der Waals surface area contributed by atoms with E-state index < -0.39 is 0 Å². The van der Waals surface area contributed by atoms with Gasteiger partial charge in [0.15, 0.2) is 0 Å². The SMILES string of the molecule is c1nnc([C@H]2CCCNC2)n1CC1CC1. The summed E-state index contributed by atoms with van der Waals surface area (Å²) in [7, 11) is 0. The Bertz CT molecular complexity index is 323. The molecule has 2 heterocycles. The first-order chi connectivity index (χ1) is 7.43. The van der Waals surface area contributed by atoms with Crippen LogP contribution in [0.25, 0.3) is 0 Å². The van der Waals surface area contributed by atoms with Crippen LogP contribution in [0.3, 0.4) is 0 Å². The highest BCUT2D eigenvalue weighted by Crippen LogP contribution is 2.32. The zero-order valence-corrected chi connectivity index (χ0v) is 9.02. The van der Waals surface area contributed by atoms with E-state index in [9.17, 15) is 0 Å². The summed E-state index contributed by atoms with van der Waals surface area (Å²) in [5, 5.41) is 11.8. The summed E-state index contributed by atoms with van der Waals surface area (Å²) in [6.45, 7) is 3.37. The van der Waals surface area contributed by atoms with E-state index in [-0.39, 0.29) is 0 Å². The van der Waals surface area contributed by atoms with E-state index in [1.807, 2.05) is 6.33 Å². The predicted octanol–water partition coefficient (Wildman–Crippen LogP) is 1.16. The maximum absolute atomic E-state index is 4.29. The molecule has 4 heteroatoms. The van der Waals surface area contributed by atoms with Crippen molar-refractivity contribution in [2.75, 3.05) is 13.1 Å². The van der Waals surface area contributed by atoms with Gasteiger partial charge in [-0.2, -0.15) is 0 Å². The number of nitrogens with zero attached hydrogens (tertiary/aromatic N) is 3. The molecule has 0 amide bonds. The van der Waals surface area contributed by atoms with Crippen LogP contribution in [0.2, 0.25) is 0 Å². The summed E-state index contributed by atoms with van der Waals surface area (Å²) in [6.07, 6.45) is 7.21. The summed E-state index contributed by atoms with van der Waals surface area (Å²) in [4.78, 5) is 0. The summed E-state index contributed by atoms with van der Waals surface area (Å²) in [5.41, 5.74) is 0. The lowest BCUT2D eigenvalue weighted by Gasteiger charge is -2.22. The first-order valence-electron chi connectivity index (χ1n) is 6.02. The van der Waals surface area contributed by atoms with E-state index in [1.54, 1.807) is 0 Å². The first kappa shape index (κ1) is 9.33. The average molecular weight is 206 g/mol. The molecular formula is C11H18N4. The number of piperidine rings is 1. The van der Waals surface area contributed by atoms with Crippen LogP contribution >= 0.6 is 0 Å². The molecule has 0 aromatic carbocycles. The summed E-state index contributed by atoms with van der Waals surface area (Å²) < 4.78 is 2.27. The van der Waals surface area contributed by atoms with Gasteiger partial charge in [0, 0.05) is 19.0 Å². The number of hydrogen-bond acceptors (Lipinski definition) is 3. The molecule has 1 saturated carbocycles. The molecule has 82 valence electrons. The van der Waals surface area contributed by atoms with Crippen LogP contribution in [0.4, 0.5) is 0 Å². The lowest BCUT2D eigenvalue weighted by atomic mass is 9.99. The molecule has 0 spiro atoms. The van der Waals surface area contributed by atoms with Gasteiger partial charge in [-0.1, -0.05) is 0 Å². The molecule has 1 saturated heterocycles. The minimum absolute atomic E-state index is 0.583. The molecule has 1 aliphatic heterocycles. The van der Waals surface area contributed by atoms with Crippen LogP contribution in [-0.4, -0.2) is 27.9 Å². The molecule has 15 heavy (non-hydrogen) atoms. The van der Waals surface area contributed by atoms with Gasteiger partial charge in [-0.3, -0.25) is 0 Å². The molecule has 4 nitrogen and oxygen atoms in total. The van der Waals surface area contributed by atoms with E-state index >= 15 is 0 Å². The molecule has 1 aliphatic carbocycles. The maximum Gasteiger partial charge on any atom is 0.137 e. The fourth-order valence-corrected chi connectivity index (χ4v) is 2.37. The molecule has 2 aliphatic rings. The van der Waals surface area contributed by atoms with Gasteiger partial charge in [0.1, 0.15) is 12.2 Å². The van der Waals surface area contributed by atoms with Crippen LogP contribution in [0.5, 0.6) is 0 Å². The summed E-state index contributed by atoms with van der Waals surface area (Å²) in [5.74, 6) is 2.69. The van der Waals surface area contributed by atoms with Gasteiger partial charge in [0.2, 0.25) is 0 Å². The number of aromatic nitrogens is 3. The average Bonchev–Trinajstić information content (AvgIpc) is 2.96. The third-order valence-electron chi connectivity index (χ3n) is 3.46. The predicted molar refractivity (Wildman–Crippen MR) is 57.6 cm³/mol. The summed E-state index contributed by atoms with van der Waals surface area (Å²) >= 11 is 0. The maximum atomic E-state index is 4.29. The van der Waals surface area contributed by atoms with Gasteiger partial charge in [0.05, 0.1) is 0 Å². The van der Waals surface area contributed by atoms with Crippen molar-refractivity contribution in [2.45, 2.75) is 38.1 Å². The third kappa shape index (κ3) is 2.04. The molecule has 0 bridgehead atoms. The molecule has 2 fully saturated rings. The Morgan fingerprint density at radius 1 is 1.40 bits per heavy atom. The molecular weight excluding hydrogens is 188 g/mol. The van der Waals surface area contributed by atoms with Gasteiger partial charge in [-0.25, -0.2) is 0 Å². The zero-order valence-electron chi connectivity index (χ0n) is 9.02. The van der Waals surface area contributed by atoms with Crippen LogP contribution in [0, 0.1) is 5.92 Å². The lowest BCUT2D eigenvalue weighted by molar-refractivity contribution is 0.427. The molecule has 3 rings (SSSR count). The van der Waals surface area contributed by atoms with Crippen molar-refractivity contribution in [1.29, 1.82) is 0 Å².